The van der Waals surface area contributed by atoms with Gasteiger partial charge in [-0.05, 0) is 51.3 Å². The van der Waals surface area contributed by atoms with Crippen LogP contribution in [0.15, 0.2) is 18.2 Å². The number of nitrogens with zero attached hydrogens (tertiary/aromatic N) is 4. The molecule has 2 heterocycles. The van der Waals surface area contributed by atoms with Gasteiger partial charge in [0, 0.05) is 33.6 Å². The van der Waals surface area contributed by atoms with Crippen LogP contribution in [0.1, 0.15) is 66.4 Å². The van der Waals surface area contributed by atoms with Gasteiger partial charge in [-0.15, -0.1) is 5.10 Å². The van der Waals surface area contributed by atoms with E-state index in [-0.39, 0.29) is 12.3 Å². The van der Waals surface area contributed by atoms with E-state index >= 15 is 0 Å². The number of nitrogens with one attached hydrogen (secondary N) is 1. The van der Waals surface area contributed by atoms with Gasteiger partial charge < -0.3 is 5.32 Å². The average Bonchev–Trinajstić information content (AvgIpc) is 3.13. The fourth-order valence-corrected chi connectivity index (χ4v) is 4.27. The Balaban J connectivity index is 1.59. The zero-order chi connectivity index (χ0) is 20.5. The maximum Gasteiger partial charge on any atom is 0.252 e. The Labute approximate surface area is 175 Å². The largest absolute Gasteiger partial charge is 0.326 e. The van der Waals surface area contributed by atoms with Crippen LogP contribution in [0.3, 0.4) is 0 Å². The third-order valence-electron chi connectivity index (χ3n) is 5.85. The van der Waals surface area contributed by atoms with Crippen LogP contribution in [0, 0.1) is 20.8 Å². The Morgan fingerprint density at radius 2 is 1.93 bits per heavy atom. The summed E-state index contributed by atoms with van der Waals surface area (Å²) >= 11 is 6.06. The molecule has 0 aliphatic heterocycles. The van der Waals surface area contributed by atoms with Crippen molar-refractivity contribution in [3.8, 4) is 0 Å². The van der Waals surface area contributed by atoms with Gasteiger partial charge in [-0.1, -0.05) is 36.9 Å². The number of carbonyl (C=O) groups is 1. The Bertz CT molecular complexity index is 1070. The minimum atomic E-state index is -0.102. The number of amides is 1. The molecular formula is C22H26ClN5O. The third-order valence-corrected chi connectivity index (χ3v) is 6.08. The summed E-state index contributed by atoms with van der Waals surface area (Å²) in [6.45, 7) is 5.85. The number of anilines is 1. The highest BCUT2D eigenvalue weighted by Gasteiger charge is 2.22. The van der Waals surface area contributed by atoms with E-state index in [4.69, 9.17) is 21.7 Å². The molecule has 0 unspecified atom stereocenters. The van der Waals surface area contributed by atoms with Crippen LogP contribution in [-0.4, -0.2) is 25.5 Å². The first-order chi connectivity index (χ1) is 13.9. The van der Waals surface area contributed by atoms with E-state index in [1.54, 1.807) is 10.6 Å². The lowest BCUT2D eigenvalue weighted by Crippen LogP contribution is -2.18. The maximum atomic E-state index is 12.7. The first-order valence-electron chi connectivity index (χ1n) is 10.2. The normalized spacial score (nSPS) is 15.0. The molecule has 0 saturated heterocycles. The molecule has 1 aliphatic carbocycles. The van der Waals surface area contributed by atoms with Crippen LogP contribution in [0.2, 0.25) is 5.02 Å². The predicted octanol–water partition coefficient (Wildman–Crippen LogP) is 4.93. The number of hydrogen-bond donors (Lipinski definition) is 1. The van der Waals surface area contributed by atoms with Gasteiger partial charge >= 0.3 is 0 Å². The lowest BCUT2D eigenvalue weighted by molar-refractivity contribution is -0.115. The monoisotopic (exact) mass is 411 g/mol. The summed E-state index contributed by atoms with van der Waals surface area (Å²) in [4.78, 5) is 22.0. The van der Waals surface area contributed by atoms with Crippen molar-refractivity contribution in [3.05, 3.63) is 51.6 Å². The van der Waals surface area contributed by atoms with E-state index in [0.29, 0.717) is 16.7 Å². The van der Waals surface area contributed by atoms with Gasteiger partial charge in [-0.2, -0.15) is 4.98 Å². The minimum Gasteiger partial charge on any atom is -0.326 e. The van der Waals surface area contributed by atoms with Crippen molar-refractivity contribution in [2.75, 3.05) is 5.32 Å². The van der Waals surface area contributed by atoms with E-state index in [1.807, 2.05) is 32.9 Å². The second kappa shape index (κ2) is 8.11. The lowest BCUT2D eigenvalue weighted by Gasteiger charge is -2.17. The number of aromatic nitrogens is 4. The molecule has 1 aromatic carbocycles. The number of fused-ring (bicyclic) bond motifs is 1. The maximum absolute atomic E-state index is 12.7. The number of aryl methyl sites for hydroxylation is 3. The van der Waals surface area contributed by atoms with Crippen LogP contribution in [-0.2, 0) is 11.2 Å². The summed E-state index contributed by atoms with van der Waals surface area (Å²) in [5, 5.41) is 8.31. The van der Waals surface area contributed by atoms with Crippen molar-refractivity contribution in [1.29, 1.82) is 0 Å². The molecule has 29 heavy (non-hydrogen) atoms. The van der Waals surface area contributed by atoms with Gasteiger partial charge in [0.25, 0.3) is 5.78 Å². The Morgan fingerprint density at radius 3 is 2.69 bits per heavy atom. The second-order valence-electron chi connectivity index (χ2n) is 7.96. The zero-order valence-electron chi connectivity index (χ0n) is 17.1. The number of halogens is 1. The van der Waals surface area contributed by atoms with Crippen molar-refractivity contribution >= 4 is 29.0 Å². The van der Waals surface area contributed by atoms with Gasteiger partial charge in [0.2, 0.25) is 5.91 Å². The molecule has 2 aromatic heterocycles. The molecule has 1 amide bonds. The number of carbonyl (C=O) groups excluding carboxylic acids is 1. The van der Waals surface area contributed by atoms with Gasteiger partial charge in [-0.25, -0.2) is 9.50 Å². The highest BCUT2D eigenvalue weighted by molar-refractivity contribution is 6.31. The van der Waals surface area contributed by atoms with Gasteiger partial charge in [0.1, 0.15) is 0 Å². The highest BCUT2D eigenvalue weighted by atomic mass is 35.5. The summed E-state index contributed by atoms with van der Waals surface area (Å²) < 4.78 is 1.80. The fourth-order valence-electron chi connectivity index (χ4n) is 4.10. The Hall–Kier alpha value is -2.47. The minimum absolute atomic E-state index is 0.102. The zero-order valence-corrected chi connectivity index (χ0v) is 17.9. The molecule has 0 spiro atoms. The topological polar surface area (TPSA) is 72.2 Å². The van der Waals surface area contributed by atoms with Crippen LogP contribution in [0.5, 0.6) is 0 Å². The van der Waals surface area contributed by atoms with Gasteiger partial charge in [0.15, 0.2) is 5.82 Å². The molecule has 1 N–H and O–H groups in total. The molecular weight excluding hydrogens is 386 g/mol. The van der Waals surface area contributed by atoms with Crippen molar-refractivity contribution in [2.45, 2.75) is 65.2 Å². The predicted molar refractivity (Wildman–Crippen MR) is 115 cm³/mol. The van der Waals surface area contributed by atoms with E-state index in [9.17, 15) is 4.79 Å². The molecule has 152 valence electrons. The summed E-state index contributed by atoms with van der Waals surface area (Å²) in [7, 11) is 0. The molecule has 6 nitrogen and oxygen atoms in total. The smallest absolute Gasteiger partial charge is 0.252 e. The van der Waals surface area contributed by atoms with Crippen LogP contribution in [0.25, 0.3) is 5.78 Å². The summed E-state index contributed by atoms with van der Waals surface area (Å²) in [6, 6.07) is 5.47. The third kappa shape index (κ3) is 4.13. The fraction of sp³-hybridized carbons (Fsp3) is 0.455. The van der Waals surface area contributed by atoms with E-state index in [1.165, 1.54) is 19.3 Å². The molecule has 0 radical (unpaired) electrons. The molecule has 4 rings (SSSR count). The SMILES string of the molecule is Cc1ccc(Cl)cc1NC(=O)Cc1c(C)nc2nc(C3CCCCC3)nn2c1C. The standard InChI is InChI=1S/C22H26ClN5O/c1-13-9-10-17(23)11-19(13)25-20(29)12-18-14(2)24-22-26-21(27-28(22)15(18)3)16-7-5-4-6-8-16/h9-11,16H,4-8,12H2,1-3H3,(H,25,29). The quantitative estimate of drug-likeness (QED) is 0.660. The molecule has 3 aromatic rings. The highest BCUT2D eigenvalue weighted by Crippen LogP contribution is 2.31. The van der Waals surface area contributed by atoms with E-state index < -0.39 is 0 Å². The summed E-state index contributed by atoms with van der Waals surface area (Å²) in [5.74, 6) is 1.82. The first-order valence-corrected chi connectivity index (χ1v) is 10.6. The lowest BCUT2D eigenvalue weighted by atomic mass is 9.89. The number of rotatable bonds is 4. The van der Waals surface area contributed by atoms with Crippen molar-refractivity contribution < 1.29 is 4.79 Å². The second-order valence-corrected chi connectivity index (χ2v) is 8.40. The average molecular weight is 412 g/mol. The van der Waals surface area contributed by atoms with Crippen molar-refractivity contribution in [2.24, 2.45) is 0 Å². The number of hydrogen-bond acceptors (Lipinski definition) is 4. The van der Waals surface area contributed by atoms with E-state index in [2.05, 4.69) is 10.3 Å². The van der Waals surface area contributed by atoms with Gasteiger partial charge in [0.05, 0.1) is 6.42 Å². The number of benzene rings is 1. The van der Waals surface area contributed by atoms with Gasteiger partial charge in [-0.3, -0.25) is 4.79 Å². The molecule has 1 aliphatic rings. The van der Waals surface area contributed by atoms with E-state index in [0.717, 1.165) is 46.9 Å². The summed E-state index contributed by atoms with van der Waals surface area (Å²) in [6.07, 6.45) is 6.28. The van der Waals surface area contributed by atoms with Crippen molar-refractivity contribution in [3.63, 3.8) is 0 Å². The summed E-state index contributed by atoms with van der Waals surface area (Å²) in [5.41, 5.74) is 4.32. The molecule has 0 bridgehead atoms. The van der Waals surface area contributed by atoms with Crippen LogP contribution < -0.4 is 5.32 Å². The first kappa shape index (κ1) is 19.8. The molecule has 1 fully saturated rings. The Kier molecular flexibility index (Phi) is 5.54. The molecule has 1 saturated carbocycles. The van der Waals surface area contributed by atoms with Crippen molar-refractivity contribution in [1.82, 2.24) is 19.6 Å². The molecule has 7 heteroatoms. The van der Waals surface area contributed by atoms with Crippen LogP contribution in [0.4, 0.5) is 5.69 Å². The Morgan fingerprint density at radius 1 is 1.17 bits per heavy atom. The molecule has 0 atom stereocenters. The van der Waals surface area contributed by atoms with Crippen LogP contribution >= 0.6 is 11.6 Å².